The quantitative estimate of drug-likeness (QED) is 0.474. The number of benzene rings is 1. The Morgan fingerprint density at radius 1 is 1.19 bits per heavy atom. The van der Waals surface area contributed by atoms with Crippen LogP contribution in [-0.2, 0) is 4.74 Å². The summed E-state index contributed by atoms with van der Waals surface area (Å²) in [5.41, 5.74) is 6.15. The molecule has 0 bridgehead atoms. The lowest BCUT2D eigenvalue weighted by Gasteiger charge is -2.10. The number of nitrogens with two attached hydrogens (primary N) is 1. The van der Waals surface area contributed by atoms with Gasteiger partial charge in [-0.25, -0.2) is 4.79 Å². The second-order valence-electron chi connectivity index (χ2n) is 3.95. The molecule has 1 aliphatic carbocycles. The molecule has 0 aromatic heterocycles. The second-order valence-corrected chi connectivity index (χ2v) is 3.95. The Morgan fingerprint density at radius 2 is 1.81 bits per heavy atom. The topological polar surface area (TPSA) is 61.5 Å². The monoisotopic (exact) mass is 221 g/mol. The third-order valence-corrected chi connectivity index (χ3v) is 2.65. The maximum atomic E-state index is 11.4. The van der Waals surface area contributed by atoms with E-state index in [9.17, 15) is 4.79 Å². The average molecular weight is 221 g/mol. The molecule has 0 saturated heterocycles. The van der Waals surface area contributed by atoms with Gasteiger partial charge in [-0.1, -0.05) is 0 Å². The third kappa shape index (κ3) is 2.89. The molecular weight excluding hydrogens is 206 g/mol. The Balaban J connectivity index is 1.84. The van der Waals surface area contributed by atoms with Crippen molar-refractivity contribution in [3.63, 3.8) is 0 Å². The van der Waals surface area contributed by atoms with Gasteiger partial charge in [-0.05, 0) is 49.9 Å². The van der Waals surface area contributed by atoms with Crippen molar-refractivity contribution in [3.8, 4) is 5.75 Å². The maximum Gasteiger partial charge on any atom is 0.514 e. The molecule has 0 radical (unpaired) electrons. The van der Waals surface area contributed by atoms with E-state index in [1.54, 1.807) is 24.3 Å². The molecule has 0 heterocycles. The minimum absolute atomic E-state index is 0.0290. The molecule has 2 N–H and O–H groups in total. The zero-order chi connectivity index (χ0) is 11.4. The summed E-state index contributed by atoms with van der Waals surface area (Å²) in [4.78, 5) is 11.4. The van der Waals surface area contributed by atoms with Gasteiger partial charge in [0.25, 0.3) is 0 Å². The van der Waals surface area contributed by atoms with Gasteiger partial charge in [0.2, 0.25) is 0 Å². The number of nitrogen functional groups attached to an aromatic ring is 1. The first-order valence-corrected chi connectivity index (χ1v) is 5.48. The van der Waals surface area contributed by atoms with Crippen molar-refractivity contribution in [2.75, 3.05) is 5.73 Å². The van der Waals surface area contributed by atoms with E-state index < -0.39 is 6.16 Å². The Hall–Kier alpha value is -1.71. The highest BCUT2D eigenvalue weighted by molar-refractivity contribution is 5.64. The van der Waals surface area contributed by atoms with Crippen molar-refractivity contribution >= 4 is 11.8 Å². The standard InChI is InChI=1S/C12H15NO3/c13-9-5-7-11(8-6-9)16-12(14)15-10-3-1-2-4-10/h5-8,10H,1-4,13H2. The first-order chi connectivity index (χ1) is 7.74. The van der Waals surface area contributed by atoms with Crippen molar-refractivity contribution in [3.05, 3.63) is 24.3 Å². The number of carbonyl (C=O) groups excluding carboxylic acids is 1. The summed E-state index contributed by atoms with van der Waals surface area (Å²) < 4.78 is 10.2. The summed E-state index contributed by atoms with van der Waals surface area (Å²) >= 11 is 0. The molecule has 1 aromatic carbocycles. The van der Waals surface area contributed by atoms with E-state index in [1.165, 1.54) is 0 Å². The van der Waals surface area contributed by atoms with Crippen molar-refractivity contribution in [1.82, 2.24) is 0 Å². The summed E-state index contributed by atoms with van der Waals surface area (Å²) in [5.74, 6) is 0.456. The number of ether oxygens (including phenoxy) is 2. The van der Waals surface area contributed by atoms with Crippen LogP contribution >= 0.6 is 0 Å². The number of hydrogen-bond acceptors (Lipinski definition) is 4. The predicted octanol–water partition coefficient (Wildman–Crippen LogP) is 2.73. The van der Waals surface area contributed by atoms with E-state index in [1.807, 2.05) is 0 Å². The molecular formula is C12H15NO3. The van der Waals surface area contributed by atoms with Crippen LogP contribution in [0.2, 0.25) is 0 Å². The molecule has 0 atom stereocenters. The number of rotatable bonds is 2. The van der Waals surface area contributed by atoms with Crippen LogP contribution in [0.1, 0.15) is 25.7 Å². The van der Waals surface area contributed by atoms with E-state index in [2.05, 4.69) is 0 Å². The molecule has 0 amide bonds. The highest BCUT2D eigenvalue weighted by Gasteiger charge is 2.20. The summed E-state index contributed by atoms with van der Waals surface area (Å²) in [6, 6.07) is 6.65. The Morgan fingerprint density at radius 3 is 2.44 bits per heavy atom. The van der Waals surface area contributed by atoms with Gasteiger partial charge in [0.05, 0.1) is 0 Å². The van der Waals surface area contributed by atoms with Crippen LogP contribution in [0, 0.1) is 0 Å². The number of anilines is 1. The zero-order valence-corrected chi connectivity index (χ0v) is 9.02. The van der Waals surface area contributed by atoms with Gasteiger partial charge in [-0.3, -0.25) is 0 Å². The Labute approximate surface area is 94.3 Å². The van der Waals surface area contributed by atoms with Crippen LogP contribution in [0.3, 0.4) is 0 Å². The molecule has 4 heteroatoms. The fourth-order valence-electron chi connectivity index (χ4n) is 1.80. The zero-order valence-electron chi connectivity index (χ0n) is 9.02. The van der Waals surface area contributed by atoms with Crippen molar-refractivity contribution in [2.24, 2.45) is 0 Å². The van der Waals surface area contributed by atoms with E-state index in [4.69, 9.17) is 15.2 Å². The van der Waals surface area contributed by atoms with Gasteiger partial charge in [-0.2, -0.15) is 0 Å². The van der Waals surface area contributed by atoms with Gasteiger partial charge < -0.3 is 15.2 Å². The van der Waals surface area contributed by atoms with Crippen LogP contribution in [-0.4, -0.2) is 12.3 Å². The van der Waals surface area contributed by atoms with Gasteiger partial charge >= 0.3 is 6.16 Å². The van der Waals surface area contributed by atoms with Crippen LogP contribution < -0.4 is 10.5 Å². The molecule has 0 unspecified atom stereocenters. The van der Waals surface area contributed by atoms with Crippen LogP contribution in [0.25, 0.3) is 0 Å². The molecule has 16 heavy (non-hydrogen) atoms. The lowest BCUT2D eigenvalue weighted by atomic mass is 10.3. The first kappa shape index (κ1) is 10.8. The Kier molecular flexibility index (Phi) is 3.29. The summed E-state index contributed by atoms with van der Waals surface area (Å²) in [6.07, 6.45) is 3.53. The molecule has 4 nitrogen and oxygen atoms in total. The Bertz CT molecular complexity index is 355. The number of hydrogen-bond donors (Lipinski definition) is 1. The normalized spacial score (nSPS) is 16.0. The van der Waals surface area contributed by atoms with Crippen molar-refractivity contribution in [2.45, 2.75) is 31.8 Å². The highest BCUT2D eigenvalue weighted by atomic mass is 16.7. The van der Waals surface area contributed by atoms with Crippen LogP contribution in [0.15, 0.2) is 24.3 Å². The lowest BCUT2D eigenvalue weighted by Crippen LogP contribution is -2.18. The minimum Gasteiger partial charge on any atom is -0.431 e. The average Bonchev–Trinajstić information content (AvgIpc) is 2.74. The van der Waals surface area contributed by atoms with Crippen molar-refractivity contribution in [1.29, 1.82) is 0 Å². The fourth-order valence-corrected chi connectivity index (χ4v) is 1.80. The molecule has 1 fully saturated rings. The van der Waals surface area contributed by atoms with Gasteiger partial charge in [0.15, 0.2) is 0 Å². The molecule has 2 rings (SSSR count). The smallest absolute Gasteiger partial charge is 0.431 e. The second kappa shape index (κ2) is 4.88. The summed E-state index contributed by atoms with van der Waals surface area (Å²) in [7, 11) is 0. The minimum atomic E-state index is -0.628. The summed E-state index contributed by atoms with van der Waals surface area (Å²) in [6.45, 7) is 0. The van der Waals surface area contributed by atoms with Gasteiger partial charge in [-0.15, -0.1) is 0 Å². The third-order valence-electron chi connectivity index (χ3n) is 2.65. The van der Waals surface area contributed by atoms with Crippen molar-refractivity contribution < 1.29 is 14.3 Å². The fraction of sp³-hybridized carbons (Fsp3) is 0.417. The van der Waals surface area contributed by atoms with Crippen LogP contribution in [0.5, 0.6) is 5.75 Å². The van der Waals surface area contributed by atoms with E-state index >= 15 is 0 Å². The molecule has 0 spiro atoms. The van der Waals surface area contributed by atoms with E-state index in [0.717, 1.165) is 25.7 Å². The molecule has 1 aliphatic rings. The lowest BCUT2D eigenvalue weighted by molar-refractivity contribution is 0.0613. The SMILES string of the molecule is Nc1ccc(OC(=O)OC2CCCC2)cc1. The van der Waals surface area contributed by atoms with Gasteiger partial charge in [0, 0.05) is 5.69 Å². The largest absolute Gasteiger partial charge is 0.514 e. The number of carbonyl (C=O) groups is 1. The van der Waals surface area contributed by atoms with E-state index in [-0.39, 0.29) is 6.10 Å². The van der Waals surface area contributed by atoms with E-state index in [0.29, 0.717) is 11.4 Å². The molecule has 0 aliphatic heterocycles. The summed E-state index contributed by atoms with van der Waals surface area (Å²) in [5, 5.41) is 0. The molecule has 1 aromatic rings. The molecule has 1 saturated carbocycles. The first-order valence-electron chi connectivity index (χ1n) is 5.48. The van der Waals surface area contributed by atoms with Gasteiger partial charge in [0.1, 0.15) is 11.9 Å². The predicted molar refractivity (Wildman–Crippen MR) is 60.2 cm³/mol. The highest BCUT2D eigenvalue weighted by Crippen LogP contribution is 2.22. The van der Waals surface area contributed by atoms with Crippen LogP contribution in [0.4, 0.5) is 10.5 Å². The molecule has 86 valence electrons. The maximum absolute atomic E-state index is 11.4.